The number of nitrogens with one attached hydrogen (secondary N) is 4. The Balaban J connectivity index is 0.000000127. The molecule has 0 spiro atoms. The minimum atomic E-state index is -0.759. The molecule has 0 bridgehead atoms. The Morgan fingerprint density at radius 1 is 0.439 bits per heavy atom. The molecule has 12 N–H and O–H groups in total. The monoisotopic (exact) mass is 1470 g/mol. The standard InChI is InChI=1S/C21H27N9O.C17H19F2N9.C16H18F2N8.C13H11N7O2/c22-19-26-20(24-16-4-6-17(7-5-16)28-12-14-31-15-13-28)27-30(19)21-23-9-8-18(25-21)29-10-2-1-3-11-29;1-26-4-6-27(7-5-26)14-9-15(22-10-21-14)28-16(20)24-17(25-28)23-13-3-2-11(18)8-12(13)19;1-3-25(4-2)13-8-14(21-9-20-13)26-15(19)23-16(24-26)22-12-6-5-10(17)7-11(12)18;14-12-18-13(19-20(12)11-3-4-15-6-16-11)17-8-1-2-9-10(5-8)22-7-21-9/h4-9H,1-3,10-15H2,(H3,22,24,26,27);2-3,8-10H,4-7H2,1H3,(H3,20,23,24,25);5-9H,3-4H2,1-2H3,(H3,19,22,23,24);1-6H,7H2,(H3,14,17,18,19). The molecule has 8 aromatic heterocycles. The second-order valence-electron chi connectivity index (χ2n) is 24.0. The van der Waals surface area contributed by atoms with Gasteiger partial charge in [0.05, 0.1) is 24.6 Å². The van der Waals surface area contributed by atoms with E-state index in [9.17, 15) is 17.6 Å². The molecule has 0 aliphatic carbocycles. The van der Waals surface area contributed by atoms with Crippen molar-refractivity contribution in [3.63, 3.8) is 0 Å². The summed E-state index contributed by atoms with van der Waals surface area (Å²) in [6.07, 6.45) is 11.3. The van der Waals surface area contributed by atoms with E-state index in [2.05, 4.69) is 140 Å². The van der Waals surface area contributed by atoms with E-state index < -0.39 is 23.3 Å². The van der Waals surface area contributed by atoms with Gasteiger partial charge in [-0.3, -0.25) is 0 Å². The number of anilines is 16. The predicted molar refractivity (Wildman–Crippen MR) is 393 cm³/mol. The molecular weight excluding hydrogens is 1390 g/mol. The van der Waals surface area contributed by atoms with Crippen LogP contribution in [0.25, 0.3) is 23.4 Å². The number of halogens is 4. The molecule has 16 rings (SSSR count). The van der Waals surface area contributed by atoms with Gasteiger partial charge in [-0.25, -0.2) is 52.4 Å². The van der Waals surface area contributed by atoms with Crippen LogP contribution in [-0.4, -0.2) is 196 Å². The van der Waals surface area contributed by atoms with Crippen molar-refractivity contribution in [1.29, 1.82) is 0 Å². The number of likely N-dealkylation sites (N-methyl/N-ethyl adjacent to an activating group) is 1. The maximum absolute atomic E-state index is 13.8. The minimum absolute atomic E-state index is 0.0371. The number of nitrogens with zero attached hydrogens (tertiary/aromatic N) is 25. The second kappa shape index (κ2) is 33.4. The molecule has 40 heteroatoms. The highest BCUT2D eigenvalue weighted by Crippen LogP contribution is 2.35. The van der Waals surface area contributed by atoms with Crippen LogP contribution < -0.4 is 73.3 Å². The van der Waals surface area contributed by atoms with E-state index in [1.165, 1.54) is 74.8 Å². The van der Waals surface area contributed by atoms with Crippen molar-refractivity contribution in [1.82, 2.24) is 104 Å². The number of aromatic nitrogens is 20. The number of nitrogens with two attached hydrogens (primary N) is 4. The molecule has 36 nitrogen and oxygen atoms in total. The van der Waals surface area contributed by atoms with E-state index >= 15 is 0 Å². The molecule has 4 aromatic carbocycles. The summed E-state index contributed by atoms with van der Waals surface area (Å²) in [5.41, 5.74) is 26.7. The van der Waals surface area contributed by atoms with Crippen molar-refractivity contribution in [2.24, 2.45) is 0 Å². The lowest BCUT2D eigenvalue weighted by Crippen LogP contribution is -2.44. The smallest absolute Gasteiger partial charge is 0.255 e. The first kappa shape index (κ1) is 72.0. The summed E-state index contributed by atoms with van der Waals surface area (Å²) in [4.78, 5) is 61.6. The molecule has 0 amide bonds. The van der Waals surface area contributed by atoms with Crippen molar-refractivity contribution in [3.8, 4) is 34.9 Å². The van der Waals surface area contributed by atoms with Crippen LogP contribution in [0.3, 0.4) is 0 Å². The Morgan fingerprint density at radius 2 is 0.963 bits per heavy atom. The van der Waals surface area contributed by atoms with Gasteiger partial charge in [-0.05, 0) is 107 Å². The molecule has 0 radical (unpaired) electrons. The summed E-state index contributed by atoms with van der Waals surface area (Å²) < 4.78 is 75.2. The van der Waals surface area contributed by atoms with E-state index in [1.807, 2.05) is 55.1 Å². The van der Waals surface area contributed by atoms with Gasteiger partial charge in [-0.2, -0.15) is 43.6 Å². The Morgan fingerprint density at radius 3 is 1.57 bits per heavy atom. The van der Waals surface area contributed by atoms with Crippen molar-refractivity contribution < 1.29 is 31.8 Å². The van der Waals surface area contributed by atoms with Crippen molar-refractivity contribution in [3.05, 3.63) is 158 Å². The van der Waals surface area contributed by atoms with Crippen molar-refractivity contribution >= 4 is 93.5 Å². The van der Waals surface area contributed by atoms with Crippen LogP contribution in [0.4, 0.5) is 111 Å². The van der Waals surface area contributed by atoms with E-state index in [0.717, 1.165) is 132 Å². The average molecular weight is 1470 g/mol. The molecule has 0 atom stereocenters. The third-order valence-electron chi connectivity index (χ3n) is 16.9. The third kappa shape index (κ3) is 18.0. The number of piperazine rings is 1. The van der Waals surface area contributed by atoms with Crippen LogP contribution in [0.2, 0.25) is 0 Å². The number of hydrogen-bond acceptors (Lipinski definition) is 32. The van der Waals surface area contributed by atoms with E-state index in [4.69, 9.17) is 37.1 Å². The summed E-state index contributed by atoms with van der Waals surface area (Å²) in [5.74, 6) is 4.28. The Kier molecular flexibility index (Phi) is 22.4. The van der Waals surface area contributed by atoms with Crippen LogP contribution >= 0.6 is 0 Å². The van der Waals surface area contributed by atoms with Crippen LogP contribution in [0, 0.1) is 23.3 Å². The van der Waals surface area contributed by atoms with Gasteiger partial charge in [-0.15, -0.1) is 20.4 Å². The second-order valence-corrected chi connectivity index (χ2v) is 24.0. The summed E-state index contributed by atoms with van der Waals surface area (Å²) in [5, 5.41) is 28.8. The third-order valence-corrected chi connectivity index (χ3v) is 16.9. The van der Waals surface area contributed by atoms with Gasteiger partial charge < -0.3 is 82.9 Å². The fourth-order valence-corrected chi connectivity index (χ4v) is 11.4. The highest BCUT2D eigenvalue weighted by Gasteiger charge is 2.23. The maximum Gasteiger partial charge on any atom is 0.255 e. The number of morpholine rings is 1. The first-order chi connectivity index (χ1) is 52.1. The fraction of sp³-hybridized carbons (Fsp3) is 0.284. The molecule has 4 aliphatic heterocycles. The lowest BCUT2D eigenvalue weighted by atomic mass is 10.1. The van der Waals surface area contributed by atoms with Gasteiger partial charge in [0, 0.05) is 131 Å². The lowest BCUT2D eigenvalue weighted by molar-refractivity contribution is 0.122. The van der Waals surface area contributed by atoms with E-state index in [-0.39, 0.29) is 53.9 Å². The molecule has 0 saturated carbocycles. The first-order valence-electron chi connectivity index (χ1n) is 34.0. The number of rotatable bonds is 18. The zero-order valence-electron chi connectivity index (χ0n) is 58.2. The number of piperidine rings is 1. The van der Waals surface area contributed by atoms with Crippen LogP contribution in [0.15, 0.2) is 135 Å². The highest BCUT2D eigenvalue weighted by atomic mass is 19.1. The first-order valence-corrected chi connectivity index (χ1v) is 34.0. The van der Waals surface area contributed by atoms with Gasteiger partial charge in [0.1, 0.15) is 59.7 Å². The zero-order chi connectivity index (χ0) is 74.3. The fourth-order valence-electron chi connectivity index (χ4n) is 11.4. The van der Waals surface area contributed by atoms with Crippen molar-refractivity contribution in [2.75, 3.05) is 156 Å². The van der Waals surface area contributed by atoms with E-state index in [0.29, 0.717) is 46.8 Å². The molecule has 3 saturated heterocycles. The number of fused-ring (bicyclic) bond motifs is 1. The molecule has 554 valence electrons. The van der Waals surface area contributed by atoms with Gasteiger partial charge in [-0.1, -0.05) is 0 Å². The maximum atomic E-state index is 13.8. The van der Waals surface area contributed by atoms with Gasteiger partial charge in [0.15, 0.2) is 29.0 Å². The summed E-state index contributed by atoms with van der Waals surface area (Å²) in [6, 6.07) is 27.1. The molecule has 107 heavy (non-hydrogen) atoms. The predicted octanol–water partition coefficient (Wildman–Crippen LogP) is 7.24. The number of benzene rings is 4. The Labute approximate surface area is 608 Å². The Bertz CT molecular complexity index is 4950. The van der Waals surface area contributed by atoms with E-state index in [1.54, 1.807) is 30.6 Å². The van der Waals surface area contributed by atoms with Crippen LogP contribution in [0.1, 0.15) is 33.1 Å². The lowest BCUT2D eigenvalue weighted by Gasteiger charge is -2.33. The number of hydrogen-bond donors (Lipinski definition) is 8. The topological polar surface area (TPSA) is 422 Å². The van der Waals surface area contributed by atoms with Crippen LogP contribution in [-0.2, 0) is 4.74 Å². The van der Waals surface area contributed by atoms with Gasteiger partial charge in [0.25, 0.3) is 5.95 Å². The minimum Gasteiger partial charge on any atom is -0.454 e. The van der Waals surface area contributed by atoms with Gasteiger partial charge in [0.2, 0.25) is 54.4 Å². The SMILES string of the molecule is CCN(CC)c1cc(-n2nc(Nc3ccc(F)cc3F)nc2N)ncn1.CN1CCN(c2cc(-n3nc(Nc4ccc(F)cc4F)nc3N)ncn2)CC1.Nc1nc(Nc2ccc(N3CCOCC3)cc2)nn1-c1nccc(N2CCCCC2)n1.Nc1nc(Nc2ccc3c(c2)OCO3)nn1-c1ccncn1. The number of ether oxygens (including phenoxy) is 3. The van der Waals surface area contributed by atoms with Gasteiger partial charge >= 0.3 is 0 Å². The average Bonchev–Trinajstić information content (AvgIpc) is 1.71. The quantitative estimate of drug-likeness (QED) is 0.0392. The Hall–Kier alpha value is -13.4. The van der Waals surface area contributed by atoms with Crippen molar-refractivity contribution in [2.45, 2.75) is 33.1 Å². The molecule has 4 aliphatic rings. The molecule has 12 heterocycles. The zero-order valence-corrected chi connectivity index (χ0v) is 58.2. The normalized spacial score (nSPS) is 14.0. The summed E-state index contributed by atoms with van der Waals surface area (Å²) in [6.45, 7) is 14.8. The molecular formula is C67H75F4N33O3. The number of nitrogen functional groups attached to an aromatic ring is 4. The highest BCUT2D eigenvalue weighted by molar-refractivity contribution is 5.63. The largest absolute Gasteiger partial charge is 0.454 e. The molecule has 12 aromatic rings. The summed E-state index contributed by atoms with van der Waals surface area (Å²) in [7, 11) is 2.08. The summed E-state index contributed by atoms with van der Waals surface area (Å²) >= 11 is 0. The van der Waals surface area contributed by atoms with Crippen LogP contribution in [0.5, 0.6) is 11.5 Å². The molecule has 0 unspecified atom stereocenters. The molecule has 3 fully saturated rings.